The van der Waals surface area contributed by atoms with Gasteiger partial charge in [0.15, 0.2) is 12.4 Å². The monoisotopic (exact) mass is 885 g/mol. The van der Waals surface area contributed by atoms with Crippen LogP contribution in [0.3, 0.4) is 0 Å². The first-order valence-corrected chi connectivity index (χ1v) is 25.3. The number of hydrogen-bond donors (Lipinski definition) is 4. The minimum Gasteiger partial charge on any atom is -0.462 e. The highest BCUT2D eigenvalue weighted by Gasteiger charge is 2.46. The molecule has 0 bridgehead atoms. The van der Waals surface area contributed by atoms with E-state index < -0.39 is 71.2 Å². The number of unbranched alkanes of at least 4 members (excludes halogenated alkanes) is 19. The molecule has 1 heterocycles. The normalized spacial score (nSPS) is 20.4. The Balaban J connectivity index is 2.43. The molecule has 0 aromatic heterocycles. The molecular formula is C48H84O12S. The van der Waals surface area contributed by atoms with E-state index in [1.807, 2.05) is 0 Å². The van der Waals surface area contributed by atoms with Crippen LogP contribution in [0, 0.1) is 0 Å². The molecule has 1 saturated heterocycles. The molecule has 2 unspecified atom stereocenters. The van der Waals surface area contributed by atoms with Crippen molar-refractivity contribution in [3.8, 4) is 0 Å². The van der Waals surface area contributed by atoms with Crippen molar-refractivity contribution < 1.29 is 56.8 Å². The predicted molar refractivity (Wildman–Crippen MR) is 242 cm³/mol. The molecule has 1 fully saturated rings. The third-order valence-electron chi connectivity index (χ3n) is 10.7. The van der Waals surface area contributed by atoms with Gasteiger partial charge < -0.3 is 34.3 Å². The largest absolute Gasteiger partial charge is 0.462 e. The van der Waals surface area contributed by atoms with Gasteiger partial charge in [-0.2, -0.15) is 8.42 Å². The van der Waals surface area contributed by atoms with E-state index in [4.69, 9.17) is 18.9 Å². The van der Waals surface area contributed by atoms with Crippen LogP contribution in [0.2, 0.25) is 0 Å². The zero-order valence-corrected chi connectivity index (χ0v) is 38.6. The molecule has 0 spiro atoms. The number of carbonyl (C=O) groups is 2. The fraction of sp³-hybridized carbons (Fsp3) is 0.792. The predicted octanol–water partition coefficient (Wildman–Crippen LogP) is 9.95. The van der Waals surface area contributed by atoms with Crippen LogP contribution in [0.4, 0.5) is 0 Å². The molecule has 0 aromatic carbocycles. The number of carbonyl (C=O) groups excluding carboxylic acids is 2. The fourth-order valence-corrected chi connectivity index (χ4v) is 7.71. The van der Waals surface area contributed by atoms with Crippen molar-refractivity contribution in [2.24, 2.45) is 0 Å². The summed E-state index contributed by atoms with van der Waals surface area (Å²) in [6, 6.07) is 0. The van der Waals surface area contributed by atoms with E-state index >= 15 is 0 Å². The second-order valence-electron chi connectivity index (χ2n) is 16.4. The summed E-state index contributed by atoms with van der Waals surface area (Å²) in [5.41, 5.74) is 0. The topological polar surface area (TPSA) is 186 Å². The van der Waals surface area contributed by atoms with Crippen molar-refractivity contribution in [1.82, 2.24) is 0 Å². The Hall–Kier alpha value is -2.39. The summed E-state index contributed by atoms with van der Waals surface area (Å²) < 4.78 is 54.1. The highest BCUT2D eigenvalue weighted by atomic mass is 32.2. The lowest BCUT2D eigenvalue weighted by Crippen LogP contribution is -2.60. The van der Waals surface area contributed by atoms with Crippen LogP contribution in [-0.2, 0) is 38.7 Å². The lowest BCUT2D eigenvalue weighted by molar-refractivity contribution is -0.297. The van der Waals surface area contributed by atoms with Gasteiger partial charge in [0, 0.05) is 12.8 Å². The number of ether oxygens (including phenoxy) is 4. The van der Waals surface area contributed by atoms with Gasteiger partial charge in [-0.15, -0.1) is 0 Å². The van der Waals surface area contributed by atoms with Crippen molar-refractivity contribution in [2.45, 2.75) is 224 Å². The van der Waals surface area contributed by atoms with Gasteiger partial charge in [-0.1, -0.05) is 172 Å². The molecule has 0 radical (unpaired) electrons. The number of aliphatic hydroxyl groups excluding tert-OH is 3. The summed E-state index contributed by atoms with van der Waals surface area (Å²) in [7, 11) is -4.61. The van der Waals surface area contributed by atoms with E-state index in [0.717, 1.165) is 57.8 Å². The van der Waals surface area contributed by atoms with Crippen LogP contribution < -0.4 is 0 Å². The highest BCUT2D eigenvalue weighted by molar-refractivity contribution is 7.85. The van der Waals surface area contributed by atoms with Gasteiger partial charge in [-0.25, -0.2) is 0 Å². The number of aliphatic hydroxyl groups is 3. The van der Waals surface area contributed by atoms with Gasteiger partial charge in [0.25, 0.3) is 10.1 Å². The zero-order valence-electron chi connectivity index (χ0n) is 37.8. The fourth-order valence-electron chi connectivity index (χ4n) is 7.02. The number of esters is 2. The first kappa shape index (κ1) is 56.6. The Labute approximate surface area is 369 Å². The van der Waals surface area contributed by atoms with Crippen molar-refractivity contribution in [3.05, 3.63) is 48.6 Å². The molecule has 61 heavy (non-hydrogen) atoms. The van der Waals surface area contributed by atoms with Crippen LogP contribution in [0.15, 0.2) is 48.6 Å². The van der Waals surface area contributed by atoms with E-state index in [0.29, 0.717) is 12.8 Å². The van der Waals surface area contributed by atoms with Crippen molar-refractivity contribution >= 4 is 22.1 Å². The molecule has 12 nitrogen and oxygen atoms in total. The number of allylic oxidation sites excluding steroid dienone is 8. The zero-order chi connectivity index (χ0) is 44.8. The lowest BCUT2D eigenvalue weighted by atomic mass is 10.00. The molecule has 0 saturated carbocycles. The molecule has 0 aliphatic carbocycles. The molecule has 1 aliphatic rings. The van der Waals surface area contributed by atoms with E-state index in [9.17, 15) is 37.9 Å². The smallest absolute Gasteiger partial charge is 0.306 e. The van der Waals surface area contributed by atoms with Gasteiger partial charge in [-0.3, -0.25) is 14.1 Å². The molecule has 4 N–H and O–H groups in total. The Morgan fingerprint density at radius 1 is 0.574 bits per heavy atom. The summed E-state index contributed by atoms with van der Waals surface area (Å²) >= 11 is 0. The van der Waals surface area contributed by atoms with Crippen LogP contribution in [0.5, 0.6) is 0 Å². The third kappa shape index (κ3) is 32.9. The standard InChI is InChI=1S/C48H84O12S/c1-3-5-7-9-11-13-15-17-19-20-21-23-24-26-28-30-32-34-36-43(49)57-38-41(39-58-48-47(53)46(52)45(51)42(60-48)40-61(54,55)56)59-44(50)37-35-33-31-29-27-25-22-18-16-14-12-10-8-6-4-2/h6,8,12,14,18,22,27,29,41-42,45-48,51-53H,3-5,7,9-11,13,15-17,19-21,23-26,28,30-40H2,1-2H3,(H,54,55,56)/b8-6+,14-12+,22-18+,29-27+/t41-,42-,45-,46?,47?,48+/m1/s1. The maximum absolute atomic E-state index is 12.8. The van der Waals surface area contributed by atoms with Crippen molar-refractivity contribution in [1.29, 1.82) is 0 Å². The van der Waals surface area contributed by atoms with E-state index in [1.165, 1.54) is 89.9 Å². The second kappa shape index (κ2) is 38.1. The van der Waals surface area contributed by atoms with Gasteiger partial charge in [0.05, 0.1) is 6.61 Å². The average molecular weight is 885 g/mol. The molecule has 13 heteroatoms. The Bertz CT molecular complexity index is 1310. The van der Waals surface area contributed by atoms with Gasteiger partial charge in [0.2, 0.25) is 0 Å². The summed E-state index contributed by atoms with van der Waals surface area (Å²) in [5, 5.41) is 30.9. The van der Waals surface area contributed by atoms with Crippen LogP contribution >= 0.6 is 0 Å². The van der Waals surface area contributed by atoms with Crippen LogP contribution in [0.25, 0.3) is 0 Å². The van der Waals surface area contributed by atoms with E-state index in [1.54, 1.807) is 0 Å². The molecular weight excluding hydrogens is 801 g/mol. The average Bonchev–Trinajstić information content (AvgIpc) is 3.22. The Kier molecular flexibility index (Phi) is 35.4. The van der Waals surface area contributed by atoms with E-state index in [2.05, 4.69) is 62.5 Å². The minimum absolute atomic E-state index is 0.112. The number of rotatable bonds is 39. The number of hydrogen-bond acceptors (Lipinski definition) is 11. The third-order valence-corrected chi connectivity index (χ3v) is 11.4. The molecule has 354 valence electrons. The first-order valence-electron chi connectivity index (χ1n) is 23.7. The molecule has 6 atom stereocenters. The summed E-state index contributed by atoms with van der Waals surface area (Å²) in [6.07, 6.45) is 35.9. The van der Waals surface area contributed by atoms with Gasteiger partial charge in [0.1, 0.15) is 36.8 Å². The van der Waals surface area contributed by atoms with Gasteiger partial charge >= 0.3 is 11.9 Å². The second-order valence-corrected chi connectivity index (χ2v) is 17.9. The molecule has 0 amide bonds. The highest BCUT2D eigenvalue weighted by Crippen LogP contribution is 2.24. The summed E-state index contributed by atoms with van der Waals surface area (Å²) in [4.78, 5) is 25.4. The Morgan fingerprint density at radius 3 is 1.54 bits per heavy atom. The maximum Gasteiger partial charge on any atom is 0.306 e. The lowest BCUT2D eigenvalue weighted by Gasteiger charge is -2.40. The quantitative estimate of drug-likeness (QED) is 0.0198. The van der Waals surface area contributed by atoms with E-state index in [-0.39, 0.29) is 19.4 Å². The van der Waals surface area contributed by atoms with Crippen molar-refractivity contribution in [2.75, 3.05) is 19.0 Å². The van der Waals surface area contributed by atoms with Crippen molar-refractivity contribution in [3.63, 3.8) is 0 Å². The molecule has 1 aliphatic heterocycles. The molecule has 1 rings (SSSR count). The van der Waals surface area contributed by atoms with Crippen LogP contribution in [-0.4, -0.2) is 96.0 Å². The summed E-state index contributed by atoms with van der Waals surface area (Å²) in [6.45, 7) is 3.62. The first-order chi connectivity index (χ1) is 29.5. The SMILES string of the molecule is CC/C=C/C/C=C/C/C=C/C/C=C/CCCCC(=O)O[C@H](COC(=O)CCCCCCCCCCCCCCCCCCCC)CO[C@H]1O[C@H](CS(=O)(=O)O)[C@@H](O)C(O)C1O. The minimum atomic E-state index is -4.61. The summed E-state index contributed by atoms with van der Waals surface area (Å²) in [5.74, 6) is -2.03. The Morgan fingerprint density at radius 2 is 1.03 bits per heavy atom. The molecule has 0 aromatic rings. The van der Waals surface area contributed by atoms with Gasteiger partial charge in [-0.05, 0) is 51.4 Å². The maximum atomic E-state index is 12.8. The van der Waals surface area contributed by atoms with Crippen LogP contribution in [0.1, 0.15) is 187 Å².